The lowest BCUT2D eigenvalue weighted by atomic mass is 10.1. The number of amides is 1. The Labute approximate surface area is 177 Å². The van der Waals surface area contributed by atoms with Gasteiger partial charge in [0.15, 0.2) is 0 Å². The van der Waals surface area contributed by atoms with Gasteiger partial charge in [0.2, 0.25) is 0 Å². The Bertz CT molecular complexity index is 1180. The first-order valence-corrected chi connectivity index (χ1v) is 10.0. The lowest BCUT2D eigenvalue weighted by Gasteiger charge is -2.09. The van der Waals surface area contributed by atoms with E-state index in [0.717, 1.165) is 5.69 Å². The zero-order valence-electron chi connectivity index (χ0n) is 15.8. The van der Waals surface area contributed by atoms with E-state index >= 15 is 0 Å². The summed E-state index contributed by atoms with van der Waals surface area (Å²) < 4.78 is 7.24. The molecule has 2 heterocycles. The van der Waals surface area contributed by atoms with Gasteiger partial charge in [0.1, 0.15) is 10.6 Å². The van der Waals surface area contributed by atoms with Crippen LogP contribution in [-0.2, 0) is 0 Å². The van der Waals surface area contributed by atoms with Gasteiger partial charge in [-0.25, -0.2) is 10.2 Å². The highest BCUT2D eigenvalue weighted by Gasteiger charge is 2.11. The Hall–Kier alpha value is -3.97. The summed E-state index contributed by atoms with van der Waals surface area (Å²) in [4.78, 5) is 25.2. The van der Waals surface area contributed by atoms with Gasteiger partial charge >= 0.3 is 5.97 Å². The Kier molecular flexibility index (Phi) is 5.82. The van der Waals surface area contributed by atoms with Crippen LogP contribution in [0.15, 0.2) is 95.7 Å². The van der Waals surface area contributed by atoms with Crippen molar-refractivity contribution in [3.63, 3.8) is 0 Å². The van der Waals surface area contributed by atoms with Crippen LogP contribution in [0.4, 0.5) is 0 Å². The molecule has 7 heteroatoms. The summed E-state index contributed by atoms with van der Waals surface area (Å²) in [5.74, 6) is -0.327. The molecule has 1 N–H and O–H groups in total. The van der Waals surface area contributed by atoms with Gasteiger partial charge in [-0.2, -0.15) is 5.10 Å². The summed E-state index contributed by atoms with van der Waals surface area (Å²) >= 11 is 1.32. The number of ether oxygens (including phenoxy) is 1. The topological polar surface area (TPSA) is 72.7 Å². The maximum atomic E-state index is 12.6. The third-order valence-corrected chi connectivity index (χ3v) is 5.05. The van der Waals surface area contributed by atoms with Crippen LogP contribution in [0.2, 0.25) is 0 Å². The number of carbonyl (C=O) groups is 2. The van der Waals surface area contributed by atoms with Crippen molar-refractivity contribution in [2.45, 2.75) is 0 Å². The Morgan fingerprint density at radius 3 is 2.60 bits per heavy atom. The van der Waals surface area contributed by atoms with Gasteiger partial charge < -0.3 is 9.30 Å². The lowest BCUT2D eigenvalue weighted by Crippen LogP contribution is -2.19. The second-order valence-corrected chi connectivity index (χ2v) is 7.19. The zero-order chi connectivity index (χ0) is 20.8. The Morgan fingerprint density at radius 2 is 1.80 bits per heavy atom. The average molecular weight is 415 g/mol. The minimum atomic E-state index is -0.408. The molecule has 2 aromatic carbocycles. The molecule has 148 valence electrons. The van der Waals surface area contributed by atoms with Gasteiger partial charge in [-0.3, -0.25) is 4.79 Å². The van der Waals surface area contributed by atoms with E-state index in [1.807, 2.05) is 46.6 Å². The number of nitrogens with zero attached hydrogens (tertiary/aromatic N) is 2. The number of aromatic nitrogens is 1. The van der Waals surface area contributed by atoms with E-state index in [-0.39, 0.29) is 5.91 Å². The third kappa shape index (κ3) is 4.53. The first-order chi connectivity index (χ1) is 14.7. The van der Waals surface area contributed by atoms with E-state index in [2.05, 4.69) is 10.5 Å². The van der Waals surface area contributed by atoms with Gasteiger partial charge in [0.25, 0.3) is 5.91 Å². The van der Waals surface area contributed by atoms with Crippen molar-refractivity contribution in [2.24, 2.45) is 5.10 Å². The molecular formula is C23H17N3O3S. The second-order valence-electron chi connectivity index (χ2n) is 6.25. The van der Waals surface area contributed by atoms with E-state index in [9.17, 15) is 9.59 Å². The minimum Gasteiger partial charge on any atom is -0.422 e. The van der Waals surface area contributed by atoms with Gasteiger partial charge in [-0.1, -0.05) is 30.3 Å². The fraction of sp³-hybridized carbons (Fsp3) is 0. The summed E-state index contributed by atoms with van der Waals surface area (Å²) in [6, 6.07) is 21.5. The molecule has 30 heavy (non-hydrogen) atoms. The number of thiophene rings is 1. The molecule has 0 unspecified atom stereocenters. The summed E-state index contributed by atoms with van der Waals surface area (Å²) in [6.07, 6.45) is 5.25. The molecule has 0 radical (unpaired) electrons. The van der Waals surface area contributed by atoms with Crippen LogP contribution in [0.3, 0.4) is 0 Å². The predicted molar refractivity (Wildman–Crippen MR) is 117 cm³/mol. The molecule has 0 aliphatic rings. The van der Waals surface area contributed by atoms with E-state index < -0.39 is 5.97 Å². The van der Waals surface area contributed by atoms with Crippen molar-refractivity contribution >= 4 is 29.4 Å². The highest BCUT2D eigenvalue weighted by atomic mass is 32.1. The van der Waals surface area contributed by atoms with E-state index in [0.29, 0.717) is 21.8 Å². The highest BCUT2D eigenvalue weighted by Crippen LogP contribution is 2.17. The predicted octanol–water partition coefficient (Wildman–Crippen LogP) is 4.52. The normalized spacial score (nSPS) is 10.8. The SMILES string of the molecule is O=C(Oc1cccc(/C=N/NC(=O)c2ccccc2-n2cccc2)c1)c1cccs1. The smallest absolute Gasteiger partial charge is 0.353 e. The molecule has 0 saturated heterocycles. The number of rotatable bonds is 6. The third-order valence-electron chi connectivity index (χ3n) is 4.20. The molecule has 0 aliphatic heterocycles. The molecule has 4 aromatic rings. The zero-order valence-corrected chi connectivity index (χ0v) is 16.6. The molecule has 2 aromatic heterocycles. The number of hydrogen-bond donors (Lipinski definition) is 1. The molecule has 0 bridgehead atoms. The molecule has 4 rings (SSSR count). The fourth-order valence-corrected chi connectivity index (χ4v) is 3.42. The number of hydrazone groups is 1. The van der Waals surface area contributed by atoms with Crippen molar-refractivity contribution in [1.29, 1.82) is 0 Å². The molecule has 0 saturated carbocycles. The van der Waals surface area contributed by atoms with Crippen molar-refractivity contribution in [3.8, 4) is 11.4 Å². The fourth-order valence-electron chi connectivity index (χ4n) is 2.82. The molecular weight excluding hydrogens is 398 g/mol. The van der Waals surface area contributed by atoms with Crippen molar-refractivity contribution in [3.05, 3.63) is 107 Å². The van der Waals surface area contributed by atoms with E-state index in [4.69, 9.17) is 4.74 Å². The van der Waals surface area contributed by atoms with Crippen LogP contribution in [0.1, 0.15) is 25.6 Å². The molecule has 1 amide bonds. The summed E-state index contributed by atoms with van der Waals surface area (Å²) in [5.41, 5.74) is 4.50. The van der Waals surface area contributed by atoms with E-state index in [1.54, 1.807) is 48.5 Å². The second kappa shape index (κ2) is 9.02. The van der Waals surface area contributed by atoms with Gasteiger partial charge in [0.05, 0.1) is 17.5 Å². The number of benzene rings is 2. The Morgan fingerprint density at radius 1 is 0.967 bits per heavy atom. The molecule has 0 spiro atoms. The number of nitrogens with one attached hydrogen (secondary N) is 1. The quantitative estimate of drug-likeness (QED) is 0.218. The largest absolute Gasteiger partial charge is 0.422 e. The highest BCUT2D eigenvalue weighted by molar-refractivity contribution is 7.12. The maximum absolute atomic E-state index is 12.6. The van der Waals surface area contributed by atoms with Gasteiger partial charge in [0, 0.05) is 12.4 Å². The summed E-state index contributed by atoms with van der Waals surface area (Å²) in [7, 11) is 0. The van der Waals surface area contributed by atoms with Crippen molar-refractivity contribution in [2.75, 3.05) is 0 Å². The van der Waals surface area contributed by atoms with Crippen LogP contribution in [0.5, 0.6) is 5.75 Å². The Balaban J connectivity index is 1.43. The number of esters is 1. The van der Waals surface area contributed by atoms with Crippen LogP contribution < -0.4 is 10.2 Å². The number of carbonyl (C=O) groups excluding carboxylic acids is 2. The standard InChI is InChI=1S/C23H17N3O3S/c27-22(19-9-1-2-10-20(19)26-12-3-4-13-26)25-24-16-17-7-5-8-18(15-17)29-23(28)21-11-6-14-30-21/h1-16H,(H,25,27)/b24-16+. The first-order valence-electron chi connectivity index (χ1n) is 9.12. The van der Waals surface area contributed by atoms with Gasteiger partial charge in [-0.05, 0) is 53.4 Å². The van der Waals surface area contributed by atoms with Gasteiger partial charge in [-0.15, -0.1) is 11.3 Å². The van der Waals surface area contributed by atoms with Crippen LogP contribution >= 0.6 is 11.3 Å². The van der Waals surface area contributed by atoms with E-state index in [1.165, 1.54) is 17.6 Å². The number of hydrogen-bond acceptors (Lipinski definition) is 5. The summed E-state index contributed by atoms with van der Waals surface area (Å²) in [6.45, 7) is 0. The van der Waals surface area contributed by atoms with Crippen molar-refractivity contribution < 1.29 is 14.3 Å². The molecule has 0 atom stereocenters. The molecule has 6 nitrogen and oxygen atoms in total. The monoisotopic (exact) mass is 415 g/mol. The lowest BCUT2D eigenvalue weighted by molar-refractivity contribution is 0.0739. The first kappa shape index (κ1) is 19.4. The molecule has 0 fully saturated rings. The van der Waals surface area contributed by atoms with Crippen LogP contribution in [-0.4, -0.2) is 22.7 Å². The minimum absolute atomic E-state index is 0.323. The summed E-state index contributed by atoms with van der Waals surface area (Å²) in [5, 5.41) is 5.85. The van der Waals surface area contributed by atoms with Crippen LogP contribution in [0.25, 0.3) is 5.69 Å². The molecule has 0 aliphatic carbocycles. The van der Waals surface area contributed by atoms with Crippen LogP contribution in [0, 0.1) is 0 Å². The number of para-hydroxylation sites is 1. The average Bonchev–Trinajstić information content (AvgIpc) is 3.48. The van der Waals surface area contributed by atoms with Crippen molar-refractivity contribution in [1.82, 2.24) is 9.99 Å². The maximum Gasteiger partial charge on any atom is 0.353 e.